The van der Waals surface area contributed by atoms with Gasteiger partial charge in [0.25, 0.3) is 0 Å². The van der Waals surface area contributed by atoms with Crippen molar-refractivity contribution in [3.8, 4) is 11.1 Å². The Hall–Kier alpha value is -3.50. The number of rotatable bonds is 4. The Bertz CT molecular complexity index is 1600. The maximum Gasteiger partial charge on any atom is 0.340 e. The van der Waals surface area contributed by atoms with Gasteiger partial charge in [-0.3, -0.25) is 4.79 Å². The lowest BCUT2D eigenvalue weighted by Crippen LogP contribution is -2.43. The van der Waals surface area contributed by atoms with Crippen molar-refractivity contribution < 1.29 is 31.5 Å². The van der Waals surface area contributed by atoms with Crippen molar-refractivity contribution in [2.24, 2.45) is 0 Å². The summed E-state index contributed by atoms with van der Waals surface area (Å²) < 4.78 is 47.8. The number of carbonyl (C=O) groups excluding carboxylic acids is 1. The van der Waals surface area contributed by atoms with Gasteiger partial charge in [-0.1, -0.05) is 12.1 Å². The maximum atomic E-state index is 13.3. The molecule has 0 aliphatic carbocycles. The van der Waals surface area contributed by atoms with Gasteiger partial charge in [0.15, 0.2) is 9.84 Å². The Morgan fingerprint density at radius 2 is 1.88 bits per heavy atom. The highest BCUT2D eigenvalue weighted by Gasteiger charge is 2.37. The average molecular weight is 485 g/mol. The molecule has 2 atom stereocenters. The van der Waals surface area contributed by atoms with Gasteiger partial charge in [0, 0.05) is 22.4 Å². The van der Waals surface area contributed by atoms with Crippen LogP contribution in [0.4, 0.5) is 4.39 Å². The van der Waals surface area contributed by atoms with Gasteiger partial charge in [-0.05, 0) is 36.2 Å². The minimum atomic E-state index is -3.43. The fraction of sp³-hybridized carbons (Fsp3) is 0.250. The van der Waals surface area contributed by atoms with Gasteiger partial charge in [-0.25, -0.2) is 17.6 Å². The van der Waals surface area contributed by atoms with E-state index in [2.05, 4.69) is 5.32 Å². The molecule has 0 saturated carbocycles. The van der Waals surface area contributed by atoms with Gasteiger partial charge in [0.2, 0.25) is 5.91 Å². The lowest BCUT2D eigenvalue weighted by molar-refractivity contribution is -0.121. The van der Waals surface area contributed by atoms with Crippen LogP contribution in [0.2, 0.25) is 0 Å². The van der Waals surface area contributed by atoms with Crippen molar-refractivity contribution in [2.75, 3.05) is 11.5 Å². The summed E-state index contributed by atoms with van der Waals surface area (Å²) in [7, 11) is -3.43. The largest absolute Gasteiger partial charge is 0.464 e. The highest BCUT2D eigenvalue weighted by Crippen LogP contribution is 2.34. The zero-order valence-corrected chi connectivity index (χ0v) is 18.8. The number of carbonyl (C=O) groups is 1. The first kappa shape index (κ1) is 22.3. The first-order valence-corrected chi connectivity index (χ1v) is 12.3. The molecular weight excluding hydrogens is 465 g/mol. The summed E-state index contributed by atoms with van der Waals surface area (Å²) in [5.41, 5.74) is 2.23. The molecule has 2 unspecified atom stereocenters. The van der Waals surface area contributed by atoms with Gasteiger partial charge in [-0.15, -0.1) is 0 Å². The van der Waals surface area contributed by atoms with Crippen molar-refractivity contribution in [1.82, 2.24) is 5.32 Å². The predicted octanol–water partition coefficient (Wildman–Crippen LogP) is 2.47. The zero-order valence-electron chi connectivity index (χ0n) is 18.0. The van der Waals surface area contributed by atoms with E-state index in [4.69, 9.17) is 8.83 Å². The van der Waals surface area contributed by atoms with Crippen molar-refractivity contribution >= 4 is 37.7 Å². The minimum Gasteiger partial charge on any atom is -0.464 e. The summed E-state index contributed by atoms with van der Waals surface area (Å²) in [4.78, 5) is 25.2. The van der Waals surface area contributed by atoms with E-state index in [1.807, 2.05) is 0 Å². The second-order valence-corrected chi connectivity index (χ2v) is 10.6. The summed E-state index contributed by atoms with van der Waals surface area (Å²) in [6, 6.07) is 8.43. The third-order valence-electron chi connectivity index (χ3n) is 6.14. The van der Waals surface area contributed by atoms with Crippen LogP contribution in [-0.4, -0.2) is 43.1 Å². The second-order valence-electron chi connectivity index (χ2n) is 8.49. The molecule has 2 N–H and O–H groups in total. The number of hydrogen-bond donors (Lipinski definition) is 2. The van der Waals surface area contributed by atoms with Gasteiger partial charge >= 0.3 is 5.63 Å². The van der Waals surface area contributed by atoms with Gasteiger partial charge < -0.3 is 19.3 Å². The Balaban J connectivity index is 1.51. The Labute approximate surface area is 192 Å². The molecule has 10 heteroatoms. The molecule has 176 valence electrons. The van der Waals surface area contributed by atoms with Gasteiger partial charge in [0.1, 0.15) is 17.0 Å². The number of nitrogens with one attached hydrogen (secondary N) is 1. The van der Waals surface area contributed by atoms with E-state index < -0.39 is 39.3 Å². The van der Waals surface area contributed by atoms with Crippen molar-refractivity contribution in [2.45, 2.75) is 25.5 Å². The second kappa shape index (κ2) is 8.07. The zero-order chi connectivity index (χ0) is 24.2. The van der Waals surface area contributed by atoms with Gasteiger partial charge in [0.05, 0.1) is 41.9 Å². The molecule has 0 bridgehead atoms. The van der Waals surface area contributed by atoms with E-state index in [1.54, 1.807) is 37.5 Å². The van der Waals surface area contributed by atoms with E-state index in [9.17, 15) is 27.5 Å². The topological polar surface area (TPSA) is 127 Å². The van der Waals surface area contributed by atoms with E-state index in [0.717, 1.165) is 16.5 Å². The first-order chi connectivity index (χ1) is 16.1. The van der Waals surface area contributed by atoms with E-state index in [0.29, 0.717) is 16.5 Å². The molecule has 1 fully saturated rings. The molecule has 1 amide bonds. The number of aryl methyl sites for hydroxylation is 1. The number of hydrogen-bond acceptors (Lipinski definition) is 7. The number of sulfone groups is 1. The number of benzene rings is 2. The number of amides is 1. The quantitative estimate of drug-likeness (QED) is 0.425. The van der Waals surface area contributed by atoms with Gasteiger partial charge in [-0.2, -0.15) is 0 Å². The summed E-state index contributed by atoms with van der Waals surface area (Å²) in [5, 5.41) is 13.7. The monoisotopic (exact) mass is 485 g/mol. The third kappa shape index (κ3) is 3.99. The summed E-state index contributed by atoms with van der Waals surface area (Å²) in [6.07, 6.45) is 0.0172. The molecule has 4 aromatic rings. The molecule has 1 aliphatic rings. The molecule has 34 heavy (non-hydrogen) atoms. The number of aliphatic hydroxyl groups is 1. The molecule has 3 heterocycles. The van der Waals surface area contributed by atoms with E-state index in [1.165, 1.54) is 12.1 Å². The van der Waals surface area contributed by atoms with E-state index >= 15 is 0 Å². The number of aliphatic hydroxyl groups excluding tert-OH is 1. The van der Waals surface area contributed by atoms with Crippen LogP contribution in [-0.2, 0) is 21.1 Å². The fourth-order valence-corrected chi connectivity index (χ4v) is 6.09. The summed E-state index contributed by atoms with van der Waals surface area (Å²) in [6.45, 7) is 1.69. The minimum absolute atomic E-state index is 0.131. The Morgan fingerprint density at radius 1 is 1.15 bits per heavy atom. The average Bonchev–Trinajstić information content (AvgIpc) is 3.29. The molecule has 2 aromatic carbocycles. The molecular formula is C24H20FNO7S. The van der Waals surface area contributed by atoms with Crippen molar-refractivity contribution in [1.29, 1.82) is 0 Å². The number of fused-ring (bicyclic) bond motifs is 2. The standard InChI is InChI=1S/C24H20FNO7S/c1-12-15-6-17-18(13-2-4-14(25)5-3-13)9-32-21(17)8-22(15)33-24(29)16(12)7-23(28)26-19-10-34(30,31)11-20(19)27/h2-6,8-9,19-20,27H,7,10-11H2,1H3,(H,26,28). The normalized spacial score (nSPS) is 19.6. The maximum absolute atomic E-state index is 13.3. The van der Waals surface area contributed by atoms with Crippen LogP contribution >= 0.6 is 0 Å². The molecule has 0 radical (unpaired) electrons. The number of furan rings is 1. The van der Waals surface area contributed by atoms with Crippen LogP contribution in [0.25, 0.3) is 33.1 Å². The summed E-state index contributed by atoms with van der Waals surface area (Å²) >= 11 is 0. The Kier molecular flexibility index (Phi) is 5.29. The van der Waals surface area contributed by atoms with Crippen LogP contribution in [0, 0.1) is 12.7 Å². The third-order valence-corrected chi connectivity index (χ3v) is 7.86. The molecule has 5 rings (SSSR count). The van der Waals surface area contributed by atoms with Crippen molar-refractivity contribution in [3.05, 3.63) is 70.0 Å². The predicted molar refractivity (Wildman–Crippen MR) is 123 cm³/mol. The lowest BCUT2D eigenvalue weighted by Gasteiger charge is -2.15. The van der Waals surface area contributed by atoms with Crippen LogP contribution in [0.1, 0.15) is 11.1 Å². The SMILES string of the molecule is Cc1c(CC(=O)NC2CS(=O)(=O)CC2O)c(=O)oc2cc3occ(-c4ccc(F)cc4)c3cc12. The summed E-state index contributed by atoms with van der Waals surface area (Å²) in [5.74, 6) is -1.71. The van der Waals surface area contributed by atoms with Crippen LogP contribution in [0.3, 0.4) is 0 Å². The van der Waals surface area contributed by atoms with Crippen molar-refractivity contribution in [3.63, 3.8) is 0 Å². The molecule has 1 saturated heterocycles. The lowest BCUT2D eigenvalue weighted by atomic mass is 9.99. The van der Waals surface area contributed by atoms with Crippen LogP contribution in [0.15, 0.2) is 56.3 Å². The smallest absolute Gasteiger partial charge is 0.340 e. The first-order valence-electron chi connectivity index (χ1n) is 10.5. The molecule has 0 spiro atoms. The molecule has 2 aromatic heterocycles. The van der Waals surface area contributed by atoms with E-state index in [-0.39, 0.29) is 29.1 Å². The highest BCUT2D eigenvalue weighted by atomic mass is 32.2. The van der Waals surface area contributed by atoms with Crippen LogP contribution < -0.4 is 10.9 Å². The Morgan fingerprint density at radius 3 is 2.56 bits per heavy atom. The number of halogens is 1. The highest BCUT2D eigenvalue weighted by molar-refractivity contribution is 7.91. The fourth-order valence-electron chi connectivity index (χ4n) is 4.35. The molecule has 1 aliphatic heterocycles. The van der Waals surface area contributed by atoms with Crippen LogP contribution in [0.5, 0.6) is 0 Å². The molecule has 8 nitrogen and oxygen atoms in total.